The van der Waals surface area contributed by atoms with Crippen molar-refractivity contribution >= 4 is 17.7 Å². The Labute approximate surface area is 127 Å². The van der Waals surface area contributed by atoms with Crippen molar-refractivity contribution in [1.29, 1.82) is 0 Å². The molecule has 1 saturated carbocycles. The summed E-state index contributed by atoms with van der Waals surface area (Å²) in [4.78, 5) is 14.9. The molecule has 2 aromatic rings. The average Bonchev–Trinajstić information content (AvgIpc) is 3.16. The molecule has 1 aliphatic rings. The predicted molar refractivity (Wildman–Crippen MR) is 80.5 cm³/mol. The van der Waals surface area contributed by atoms with E-state index < -0.39 is 5.97 Å². The summed E-state index contributed by atoms with van der Waals surface area (Å²) in [5.41, 5.74) is 1.25. The number of rotatable bonds is 5. The van der Waals surface area contributed by atoms with E-state index in [1.807, 2.05) is 0 Å². The minimum absolute atomic E-state index is 0.213. The fourth-order valence-electron chi connectivity index (χ4n) is 2.57. The monoisotopic (exact) mass is 303 g/mol. The van der Waals surface area contributed by atoms with E-state index in [0.717, 1.165) is 16.5 Å². The van der Waals surface area contributed by atoms with Gasteiger partial charge in [-0.05, 0) is 31.0 Å². The average molecular weight is 303 g/mol. The lowest BCUT2D eigenvalue weighted by Gasteiger charge is -2.08. The lowest BCUT2D eigenvalue weighted by Crippen LogP contribution is -2.05. The second kappa shape index (κ2) is 6.30. The third kappa shape index (κ3) is 3.44. The van der Waals surface area contributed by atoms with Crippen molar-refractivity contribution in [2.75, 3.05) is 0 Å². The molecule has 0 unspecified atom stereocenters. The van der Waals surface area contributed by atoms with Crippen molar-refractivity contribution in [3.63, 3.8) is 0 Å². The van der Waals surface area contributed by atoms with Crippen LogP contribution in [0, 0.1) is 0 Å². The summed E-state index contributed by atoms with van der Waals surface area (Å²) in [7, 11) is 0. The van der Waals surface area contributed by atoms with Gasteiger partial charge in [-0.15, -0.1) is 0 Å². The number of pyridine rings is 1. The van der Waals surface area contributed by atoms with Crippen LogP contribution in [-0.4, -0.2) is 25.8 Å². The highest BCUT2D eigenvalue weighted by Crippen LogP contribution is 2.29. The number of carbonyl (C=O) groups is 1. The van der Waals surface area contributed by atoms with E-state index >= 15 is 0 Å². The molecule has 0 atom stereocenters. The molecule has 110 valence electrons. The van der Waals surface area contributed by atoms with Crippen LogP contribution in [0.4, 0.5) is 0 Å². The van der Waals surface area contributed by atoms with E-state index in [1.165, 1.54) is 31.9 Å². The first-order valence-electron chi connectivity index (χ1n) is 7.08. The molecule has 0 aliphatic heterocycles. The van der Waals surface area contributed by atoms with Crippen LogP contribution in [0.2, 0.25) is 0 Å². The highest BCUT2D eigenvalue weighted by atomic mass is 32.2. The lowest BCUT2D eigenvalue weighted by molar-refractivity contribution is 0.0696. The molecular weight excluding hydrogens is 286 g/mol. The van der Waals surface area contributed by atoms with Crippen LogP contribution in [0.3, 0.4) is 0 Å². The molecule has 0 bridgehead atoms. The highest BCUT2D eigenvalue weighted by Gasteiger charge is 2.17. The Morgan fingerprint density at radius 1 is 1.33 bits per heavy atom. The molecule has 1 fully saturated rings. The number of carboxylic acids is 1. The van der Waals surface area contributed by atoms with Crippen LogP contribution in [0.15, 0.2) is 35.6 Å². The van der Waals surface area contributed by atoms with Crippen LogP contribution >= 0.6 is 11.8 Å². The Morgan fingerprint density at radius 2 is 2.14 bits per heavy atom. The first kappa shape index (κ1) is 14.1. The Bertz CT molecular complexity index is 618. The van der Waals surface area contributed by atoms with E-state index in [4.69, 9.17) is 5.11 Å². The van der Waals surface area contributed by atoms with Gasteiger partial charge in [0.1, 0.15) is 0 Å². The third-order valence-electron chi connectivity index (χ3n) is 3.71. The van der Waals surface area contributed by atoms with Crippen LogP contribution in [0.1, 0.15) is 47.8 Å². The first-order valence-corrected chi connectivity index (χ1v) is 8.07. The summed E-state index contributed by atoms with van der Waals surface area (Å²) in [5.74, 6) is -0.201. The van der Waals surface area contributed by atoms with Gasteiger partial charge in [-0.1, -0.05) is 24.6 Å². The van der Waals surface area contributed by atoms with Gasteiger partial charge >= 0.3 is 5.97 Å². The van der Waals surface area contributed by atoms with E-state index in [1.54, 1.807) is 23.9 Å². The topological polar surface area (TPSA) is 68.0 Å². The van der Waals surface area contributed by atoms with Crippen LogP contribution in [-0.2, 0) is 5.75 Å². The molecule has 21 heavy (non-hydrogen) atoms. The number of hydrogen-bond donors (Lipinski definition) is 1. The normalized spacial score (nSPS) is 15.4. The quantitative estimate of drug-likeness (QED) is 0.858. The van der Waals surface area contributed by atoms with Crippen LogP contribution in [0.25, 0.3) is 0 Å². The smallest absolute Gasteiger partial charge is 0.337 e. The number of nitrogens with zero attached hydrogens (tertiary/aromatic N) is 3. The second-order valence-corrected chi connectivity index (χ2v) is 6.20. The molecule has 0 amide bonds. The Kier molecular flexibility index (Phi) is 4.24. The molecular formula is C15H17N3O2S. The van der Waals surface area contributed by atoms with E-state index in [0.29, 0.717) is 6.04 Å². The molecule has 0 spiro atoms. The number of hydrogen-bond acceptors (Lipinski definition) is 4. The SMILES string of the molecule is O=C(O)c1ccc(SCc2ccn(C3CCCC3)n2)nc1. The summed E-state index contributed by atoms with van der Waals surface area (Å²) in [5, 5.41) is 14.3. The summed E-state index contributed by atoms with van der Waals surface area (Å²) in [6.45, 7) is 0. The van der Waals surface area contributed by atoms with Gasteiger partial charge in [-0.3, -0.25) is 4.68 Å². The first-order chi connectivity index (χ1) is 10.2. The molecule has 6 heteroatoms. The van der Waals surface area contributed by atoms with Crippen molar-refractivity contribution in [2.24, 2.45) is 0 Å². The van der Waals surface area contributed by atoms with Gasteiger partial charge in [-0.2, -0.15) is 5.10 Å². The van der Waals surface area contributed by atoms with E-state index in [9.17, 15) is 4.79 Å². The zero-order valence-corrected chi connectivity index (χ0v) is 12.4. The number of thioether (sulfide) groups is 1. The van der Waals surface area contributed by atoms with Gasteiger partial charge in [0.05, 0.1) is 22.3 Å². The molecule has 3 rings (SSSR count). The maximum absolute atomic E-state index is 10.8. The Balaban J connectivity index is 1.58. The van der Waals surface area contributed by atoms with Crippen molar-refractivity contribution in [2.45, 2.75) is 42.5 Å². The van der Waals surface area contributed by atoms with Crippen molar-refractivity contribution < 1.29 is 9.90 Å². The van der Waals surface area contributed by atoms with Gasteiger partial charge in [-0.25, -0.2) is 9.78 Å². The number of aromatic carboxylic acids is 1. The van der Waals surface area contributed by atoms with Crippen LogP contribution < -0.4 is 0 Å². The fraction of sp³-hybridized carbons (Fsp3) is 0.400. The standard InChI is InChI=1S/C15H17N3O2S/c19-15(20)11-5-6-14(16-9-11)21-10-12-7-8-18(17-12)13-3-1-2-4-13/h5-9,13H,1-4,10H2,(H,19,20). The molecule has 1 N–H and O–H groups in total. The van der Waals surface area contributed by atoms with Crippen LogP contribution in [0.5, 0.6) is 0 Å². The molecule has 2 heterocycles. The van der Waals surface area contributed by atoms with Crippen molar-refractivity contribution in [1.82, 2.24) is 14.8 Å². The maximum atomic E-state index is 10.8. The van der Waals surface area contributed by atoms with Gasteiger partial charge in [0.2, 0.25) is 0 Å². The molecule has 5 nitrogen and oxygen atoms in total. The minimum Gasteiger partial charge on any atom is -0.478 e. The van der Waals surface area contributed by atoms with Gasteiger partial charge in [0.25, 0.3) is 0 Å². The molecule has 0 saturated heterocycles. The largest absolute Gasteiger partial charge is 0.478 e. The third-order valence-corrected chi connectivity index (χ3v) is 4.69. The molecule has 2 aromatic heterocycles. The summed E-state index contributed by atoms with van der Waals surface area (Å²) < 4.78 is 2.09. The maximum Gasteiger partial charge on any atom is 0.337 e. The minimum atomic E-state index is -0.950. The highest BCUT2D eigenvalue weighted by molar-refractivity contribution is 7.98. The second-order valence-electron chi connectivity index (χ2n) is 5.20. The lowest BCUT2D eigenvalue weighted by atomic mass is 10.3. The fourth-order valence-corrected chi connectivity index (χ4v) is 3.31. The van der Waals surface area contributed by atoms with E-state index in [2.05, 4.69) is 27.0 Å². The van der Waals surface area contributed by atoms with Gasteiger partial charge in [0, 0.05) is 18.1 Å². The summed E-state index contributed by atoms with van der Waals surface area (Å²) in [6, 6.07) is 5.94. The van der Waals surface area contributed by atoms with Gasteiger partial charge in [0.15, 0.2) is 0 Å². The predicted octanol–water partition coefficient (Wildman–Crippen LogP) is 3.38. The molecule has 0 radical (unpaired) electrons. The summed E-state index contributed by atoms with van der Waals surface area (Å²) in [6.07, 6.45) is 8.51. The molecule has 1 aliphatic carbocycles. The van der Waals surface area contributed by atoms with Crippen molar-refractivity contribution in [3.8, 4) is 0 Å². The van der Waals surface area contributed by atoms with E-state index in [-0.39, 0.29) is 5.56 Å². The Hall–Kier alpha value is -1.82. The summed E-state index contributed by atoms with van der Waals surface area (Å²) >= 11 is 1.57. The number of aromatic nitrogens is 3. The zero-order chi connectivity index (χ0) is 14.7. The molecule has 0 aromatic carbocycles. The number of carboxylic acid groups (broad SMARTS) is 1. The van der Waals surface area contributed by atoms with Crippen molar-refractivity contribution in [3.05, 3.63) is 41.9 Å². The zero-order valence-electron chi connectivity index (χ0n) is 11.6. The Morgan fingerprint density at radius 3 is 2.81 bits per heavy atom. The van der Waals surface area contributed by atoms with Gasteiger partial charge < -0.3 is 5.11 Å².